The van der Waals surface area contributed by atoms with E-state index in [1.165, 1.54) is 17.0 Å². The van der Waals surface area contributed by atoms with Crippen molar-refractivity contribution in [3.63, 3.8) is 0 Å². The molecule has 2 aromatic carbocycles. The molecule has 0 aromatic heterocycles. The minimum Gasteiger partial charge on any atom is -0.305 e. The zero-order valence-corrected chi connectivity index (χ0v) is 13.8. The van der Waals surface area contributed by atoms with Gasteiger partial charge in [0.2, 0.25) is 0 Å². The summed E-state index contributed by atoms with van der Waals surface area (Å²) in [6, 6.07) is 13.4. The molecule has 0 aliphatic rings. The highest BCUT2D eigenvalue weighted by atomic mass is 127. The number of hydrogen-bond donors (Lipinski definition) is 0. The fourth-order valence-electron chi connectivity index (χ4n) is 1.98. The van der Waals surface area contributed by atoms with Crippen molar-refractivity contribution in [1.82, 2.24) is 0 Å². The van der Waals surface area contributed by atoms with Crippen molar-refractivity contribution in [2.75, 3.05) is 11.4 Å². The van der Waals surface area contributed by atoms with Crippen LogP contribution in [-0.2, 0) is 0 Å². The summed E-state index contributed by atoms with van der Waals surface area (Å²) in [4.78, 5) is 24.7. The highest BCUT2D eigenvalue weighted by Gasteiger charge is 2.21. The van der Waals surface area contributed by atoms with Crippen molar-refractivity contribution in [1.29, 1.82) is 0 Å². The molecule has 0 atom stereocenters. The first-order valence-electron chi connectivity index (χ1n) is 6.46. The molecule has 0 fully saturated rings. The van der Waals surface area contributed by atoms with E-state index >= 15 is 0 Å². The molecular weight excluding hydrogens is 395 g/mol. The maximum atomic E-state index is 12.8. The topological polar surface area (TPSA) is 63.5 Å². The Kier molecular flexibility index (Phi) is 5.26. The first kappa shape index (κ1) is 16.2. The Bertz CT molecular complexity index is 717. The number of amides is 1. The van der Waals surface area contributed by atoms with Crippen molar-refractivity contribution >= 4 is 39.9 Å². The summed E-state index contributed by atoms with van der Waals surface area (Å²) in [7, 11) is 0. The molecule has 1 amide bonds. The molecule has 112 valence electrons. The molecule has 2 rings (SSSR count). The minimum absolute atomic E-state index is 0.101. The van der Waals surface area contributed by atoms with E-state index in [2.05, 4.69) is 6.58 Å². The van der Waals surface area contributed by atoms with Crippen LogP contribution < -0.4 is 4.90 Å². The van der Waals surface area contributed by atoms with Crippen molar-refractivity contribution in [3.8, 4) is 0 Å². The zero-order chi connectivity index (χ0) is 16.1. The monoisotopic (exact) mass is 408 g/mol. The Balaban J connectivity index is 2.45. The number of rotatable bonds is 5. The van der Waals surface area contributed by atoms with Crippen LogP contribution in [0.25, 0.3) is 0 Å². The first-order valence-corrected chi connectivity index (χ1v) is 7.54. The molecule has 0 radical (unpaired) electrons. The summed E-state index contributed by atoms with van der Waals surface area (Å²) >= 11 is 2.00. The number of carbonyl (C=O) groups is 1. The largest absolute Gasteiger partial charge is 0.305 e. The second-order valence-corrected chi connectivity index (χ2v) is 5.62. The Morgan fingerprint density at radius 2 is 1.95 bits per heavy atom. The maximum absolute atomic E-state index is 12.8. The van der Waals surface area contributed by atoms with E-state index in [1.54, 1.807) is 12.1 Å². The van der Waals surface area contributed by atoms with E-state index in [4.69, 9.17) is 0 Å². The lowest BCUT2D eigenvalue weighted by molar-refractivity contribution is -0.384. The first-order chi connectivity index (χ1) is 10.5. The maximum Gasteiger partial charge on any atom is 0.270 e. The number of non-ortho nitro benzene ring substituents is 1. The van der Waals surface area contributed by atoms with Crippen LogP contribution >= 0.6 is 22.6 Å². The van der Waals surface area contributed by atoms with Gasteiger partial charge in [-0.2, -0.15) is 0 Å². The lowest BCUT2D eigenvalue weighted by Gasteiger charge is -2.21. The van der Waals surface area contributed by atoms with Gasteiger partial charge in [0.1, 0.15) is 0 Å². The summed E-state index contributed by atoms with van der Waals surface area (Å²) in [6.45, 7) is 3.99. The van der Waals surface area contributed by atoms with Gasteiger partial charge in [0, 0.05) is 27.9 Å². The summed E-state index contributed by atoms with van der Waals surface area (Å²) in [6.07, 6.45) is 1.62. The molecule has 0 spiro atoms. The zero-order valence-electron chi connectivity index (χ0n) is 11.6. The number of halogens is 1. The molecule has 6 heteroatoms. The van der Waals surface area contributed by atoms with Gasteiger partial charge >= 0.3 is 0 Å². The molecule has 22 heavy (non-hydrogen) atoms. The van der Waals surface area contributed by atoms with Crippen LogP contribution in [0.4, 0.5) is 11.4 Å². The Labute approximate surface area is 141 Å². The fraction of sp³-hybridized carbons (Fsp3) is 0.0625. The normalized spacial score (nSPS) is 10.0. The highest BCUT2D eigenvalue weighted by molar-refractivity contribution is 14.1. The number of para-hydroxylation sites is 1. The quantitative estimate of drug-likeness (QED) is 0.325. The fourth-order valence-corrected chi connectivity index (χ4v) is 2.54. The van der Waals surface area contributed by atoms with Gasteiger partial charge in [-0.25, -0.2) is 0 Å². The molecule has 0 aliphatic heterocycles. The number of benzene rings is 2. The SMILES string of the molecule is C=CCN(C(=O)c1cc([N+](=O)[O-])ccc1I)c1ccccc1. The number of nitrogens with zero attached hydrogens (tertiary/aromatic N) is 2. The second-order valence-electron chi connectivity index (χ2n) is 4.46. The molecule has 0 heterocycles. The van der Waals surface area contributed by atoms with E-state index < -0.39 is 4.92 Å². The summed E-state index contributed by atoms with van der Waals surface area (Å²) < 4.78 is 0.665. The number of anilines is 1. The van der Waals surface area contributed by atoms with Crippen LogP contribution in [-0.4, -0.2) is 17.4 Å². The lowest BCUT2D eigenvalue weighted by Crippen LogP contribution is -2.31. The standard InChI is InChI=1S/C16H13IN2O3/c1-2-10-18(12-6-4-3-5-7-12)16(20)14-11-13(19(21)22)8-9-15(14)17/h2-9,11H,1,10H2. The molecule has 0 bridgehead atoms. The lowest BCUT2D eigenvalue weighted by atomic mass is 10.1. The van der Waals surface area contributed by atoms with Gasteiger partial charge in [0.15, 0.2) is 0 Å². The predicted octanol–water partition coefficient (Wildman–Crippen LogP) is 4.03. The minimum atomic E-state index is -0.507. The van der Waals surface area contributed by atoms with Crippen molar-refractivity contribution in [2.24, 2.45) is 0 Å². The van der Waals surface area contributed by atoms with E-state index in [9.17, 15) is 14.9 Å². The van der Waals surface area contributed by atoms with Gasteiger partial charge in [-0.05, 0) is 40.8 Å². The number of nitro groups is 1. The number of nitro benzene ring substituents is 1. The van der Waals surface area contributed by atoms with E-state index in [1.807, 2.05) is 52.9 Å². The van der Waals surface area contributed by atoms with Gasteiger partial charge in [0.25, 0.3) is 11.6 Å². The van der Waals surface area contributed by atoms with E-state index in [0.717, 1.165) is 5.69 Å². The molecule has 0 N–H and O–H groups in total. The summed E-state index contributed by atoms with van der Waals surface area (Å²) in [5, 5.41) is 10.9. The van der Waals surface area contributed by atoms with Crippen LogP contribution in [0.5, 0.6) is 0 Å². The van der Waals surface area contributed by atoms with Crippen LogP contribution in [0.15, 0.2) is 61.2 Å². The van der Waals surface area contributed by atoms with Crippen molar-refractivity contribution < 1.29 is 9.72 Å². The summed E-state index contributed by atoms with van der Waals surface area (Å²) in [5.41, 5.74) is 0.922. The molecule has 0 aliphatic carbocycles. The molecule has 5 nitrogen and oxygen atoms in total. The average Bonchev–Trinajstić information content (AvgIpc) is 2.53. The molecule has 0 unspecified atom stereocenters. The van der Waals surface area contributed by atoms with Crippen LogP contribution in [0.2, 0.25) is 0 Å². The molecule has 2 aromatic rings. The number of carbonyl (C=O) groups excluding carboxylic acids is 1. The summed E-state index contributed by atoms with van der Waals surface area (Å²) in [5.74, 6) is -0.292. The highest BCUT2D eigenvalue weighted by Crippen LogP contribution is 2.23. The Morgan fingerprint density at radius 1 is 1.27 bits per heavy atom. The van der Waals surface area contributed by atoms with Gasteiger partial charge in [-0.15, -0.1) is 6.58 Å². The van der Waals surface area contributed by atoms with Crippen molar-refractivity contribution in [3.05, 3.63) is 80.4 Å². The Morgan fingerprint density at radius 3 is 2.55 bits per heavy atom. The van der Waals surface area contributed by atoms with E-state index in [0.29, 0.717) is 15.7 Å². The second kappa shape index (κ2) is 7.17. The van der Waals surface area contributed by atoms with Gasteiger partial charge in [-0.1, -0.05) is 24.3 Å². The average molecular weight is 408 g/mol. The third kappa shape index (κ3) is 3.51. The van der Waals surface area contributed by atoms with E-state index in [-0.39, 0.29) is 11.6 Å². The molecular formula is C16H13IN2O3. The Hall–Kier alpha value is -2.22. The van der Waals surface area contributed by atoms with Crippen LogP contribution in [0.3, 0.4) is 0 Å². The molecule has 0 saturated heterocycles. The van der Waals surface area contributed by atoms with Crippen LogP contribution in [0.1, 0.15) is 10.4 Å². The van der Waals surface area contributed by atoms with Crippen molar-refractivity contribution in [2.45, 2.75) is 0 Å². The third-order valence-corrected chi connectivity index (χ3v) is 3.96. The van der Waals surface area contributed by atoms with Crippen LogP contribution in [0, 0.1) is 13.7 Å². The van der Waals surface area contributed by atoms with Gasteiger partial charge in [0.05, 0.1) is 10.5 Å². The number of hydrogen-bond acceptors (Lipinski definition) is 3. The predicted molar refractivity (Wildman–Crippen MR) is 94.1 cm³/mol. The van der Waals surface area contributed by atoms with Gasteiger partial charge < -0.3 is 4.90 Å². The molecule has 0 saturated carbocycles. The third-order valence-electron chi connectivity index (χ3n) is 3.02. The smallest absolute Gasteiger partial charge is 0.270 e. The van der Waals surface area contributed by atoms with Gasteiger partial charge in [-0.3, -0.25) is 14.9 Å².